The van der Waals surface area contributed by atoms with Crippen molar-refractivity contribution in [1.82, 2.24) is 9.97 Å². The second-order valence-corrected chi connectivity index (χ2v) is 5.09. The Morgan fingerprint density at radius 3 is 2.18 bits per heavy atom. The Labute approximate surface area is 127 Å². The molecule has 0 saturated carbocycles. The summed E-state index contributed by atoms with van der Waals surface area (Å²) in [6.07, 6.45) is 3.26. The van der Waals surface area contributed by atoms with Gasteiger partial charge in [0, 0.05) is 12.4 Å². The number of ether oxygens (including phenoxy) is 1. The summed E-state index contributed by atoms with van der Waals surface area (Å²) in [6, 6.07) is 12.8. The zero-order valence-electron chi connectivity index (χ0n) is 12.0. The third-order valence-corrected chi connectivity index (χ3v) is 3.43. The molecule has 112 valence electrons. The van der Waals surface area contributed by atoms with Crippen LogP contribution in [0.3, 0.4) is 0 Å². The summed E-state index contributed by atoms with van der Waals surface area (Å²) in [5.41, 5.74) is -0.522. The molecule has 0 spiro atoms. The third kappa shape index (κ3) is 2.84. The number of aliphatic hydroxyl groups is 1. The van der Waals surface area contributed by atoms with Crippen molar-refractivity contribution in [3.63, 3.8) is 0 Å². The lowest BCUT2D eigenvalue weighted by molar-refractivity contribution is 0.0931. The van der Waals surface area contributed by atoms with Gasteiger partial charge in [0.1, 0.15) is 28.7 Å². The van der Waals surface area contributed by atoms with Gasteiger partial charge in [0.05, 0.1) is 0 Å². The summed E-state index contributed by atoms with van der Waals surface area (Å²) in [4.78, 5) is 7.00. The van der Waals surface area contributed by atoms with Crippen molar-refractivity contribution in [3.8, 4) is 11.5 Å². The number of hydrogen-bond acceptors (Lipinski definition) is 3. The van der Waals surface area contributed by atoms with Gasteiger partial charge < -0.3 is 14.8 Å². The van der Waals surface area contributed by atoms with Crippen molar-refractivity contribution in [3.05, 3.63) is 78.1 Å². The molecule has 1 aromatic heterocycles. The minimum Gasteiger partial charge on any atom is -0.457 e. The number of aromatic amines is 1. The monoisotopic (exact) mass is 298 g/mol. The molecule has 2 aromatic carbocycles. The number of halogens is 1. The van der Waals surface area contributed by atoms with Gasteiger partial charge in [-0.3, -0.25) is 0 Å². The van der Waals surface area contributed by atoms with Crippen LogP contribution in [0.2, 0.25) is 0 Å². The molecular formula is C17H15FN2O2. The van der Waals surface area contributed by atoms with Crippen LogP contribution in [0.5, 0.6) is 11.5 Å². The van der Waals surface area contributed by atoms with E-state index < -0.39 is 5.60 Å². The van der Waals surface area contributed by atoms with Crippen molar-refractivity contribution < 1.29 is 14.2 Å². The molecule has 4 nitrogen and oxygen atoms in total. The molecule has 0 amide bonds. The van der Waals surface area contributed by atoms with Gasteiger partial charge in [0.15, 0.2) is 0 Å². The van der Waals surface area contributed by atoms with E-state index in [0.29, 0.717) is 22.9 Å². The number of imidazole rings is 1. The minimum absolute atomic E-state index is 0.308. The maximum atomic E-state index is 12.9. The van der Waals surface area contributed by atoms with E-state index >= 15 is 0 Å². The molecule has 0 bridgehead atoms. The number of nitrogens with zero attached hydrogens (tertiary/aromatic N) is 1. The van der Waals surface area contributed by atoms with Crippen LogP contribution in [0, 0.1) is 5.82 Å². The average molecular weight is 298 g/mol. The van der Waals surface area contributed by atoms with Crippen molar-refractivity contribution >= 4 is 0 Å². The van der Waals surface area contributed by atoms with Gasteiger partial charge in [-0.25, -0.2) is 9.37 Å². The van der Waals surface area contributed by atoms with E-state index in [1.54, 1.807) is 55.7 Å². The van der Waals surface area contributed by atoms with Crippen LogP contribution < -0.4 is 4.74 Å². The summed E-state index contributed by atoms with van der Waals surface area (Å²) in [5.74, 6) is 1.31. The van der Waals surface area contributed by atoms with Gasteiger partial charge in [-0.2, -0.15) is 0 Å². The van der Waals surface area contributed by atoms with Crippen LogP contribution in [0.1, 0.15) is 18.3 Å². The van der Waals surface area contributed by atoms with E-state index in [1.165, 1.54) is 12.1 Å². The van der Waals surface area contributed by atoms with Gasteiger partial charge in [0.2, 0.25) is 0 Å². The summed E-state index contributed by atoms with van der Waals surface area (Å²) in [7, 11) is 0. The molecule has 0 fully saturated rings. The van der Waals surface area contributed by atoms with Crippen molar-refractivity contribution in [2.45, 2.75) is 12.5 Å². The Morgan fingerprint density at radius 2 is 1.64 bits per heavy atom. The fourth-order valence-electron chi connectivity index (χ4n) is 2.15. The molecule has 3 rings (SSSR count). The second kappa shape index (κ2) is 5.61. The Bertz CT molecular complexity index is 735. The van der Waals surface area contributed by atoms with E-state index in [9.17, 15) is 9.50 Å². The summed E-state index contributed by atoms with van der Waals surface area (Å²) in [6.45, 7) is 1.67. The molecule has 0 aliphatic heterocycles. The fraction of sp³-hybridized carbons (Fsp3) is 0.118. The lowest BCUT2D eigenvalue weighted by atomic mass is 9.95. The van der Waals surface area contributed by atoms with Gasteiger partial charge >= 0.3 is 0 Å². The van der Waals surface area contributed by atoms with Gasteiger partial charge in [0.25, 0.3) is 0 Å². The topological polar surface area (TPSA) is 58.1 Å². The third-order valence-electron chi connectivity index (χ3n) is 3.43. The number of hydrogen-bond donors (Lipinski definition) is 2. The second-order valence-electron chi connectivity index (χ2n) is 5.09. The Kier molecular flexibility index (Phi) is 3.65. The number of H-pyrrole nitrogens is 1. The SMILES string of the molecule is CC(O)(c1ccc(Oc2ccc(F)cc2)cc1)c1ncc[nH]1. The molecule has 3 aromatic rings. The quantitative estimate of drug-likeness (QED) is 0.773. The first kappa shape index (κ1) is 14.3. The molecule has 1 atom stereocenters. The Morgan fingerprint density at radius 1 is 1.05 bits per heavy atom. The Hall–Kier alpha value is -2.66. The summed E-state index contributed by atoms with van der Waals surface area (Å²) in [5, 5.41) is 10.6. The van der Waals surface area contributed by atoms with Gasteiger partial charge in [-0.15, -0.1) is 0 Å². The average Bonchev–Trinajstić information content (AvgIpc) is 3.05. The van der Waals surface area contributed by atoms with Crippen LogP contribution in [-0.2, 0) is 5.60 Å². The number of aromatic nitrogens is 2. The lowest BCUT2D eigenvalue weighted by Gasteiger charge is -2.21. The largest absolute Gasteiger partial charge is 0.457 e. The standard InChI is InChI=1S/C17H15FN2O2/c1-17(21,16-19-10-11-20-16)12-2-6-14(7-3-12)22-15-8-4-13(18)5-9-15/h2-11,21H,1H3,(H,19,20). The summed E-state index contributed by atoms with van der Waals surface area (Å²) < 4.78 is 18.5. The first-order chi connectivity index (χ1) is 10.6. The van der Waals surface area contributed by atoms with Crippen LogP contribution in [0.25, 0.3) is 0 Å². The van der Waals surface area contributed by atoms with Crippen molar-refractivity contribution in [2.75, 3.05) is 0 Å². The van der Waals surface area contributed by atoms with Crippen molar-refractivity contribution in [2.24, 2.45) is 0 Å². The van der Waals surface area contributed by atoms with Crippen molar-refractivity contribution in [1.29, 1.82) is 0 Å². The molecule has 22 heavy (non-hydrogen) atoms. The molecule has 0 saturated heterocycles. The predicted octanol–water partition coefficient (Wildman–Crippen LogP) is 3.60. The fourth-order valence-corrected chi connectivity index (χ4v) is 2.15. The smallest absolute Gasteiger partial charge is 0.144 e. The highest BCUT2D eigenvalue weighted by Crippen LogP contribution is 2.29. The molecule has 2 N–H and O–H groups in total. The highest BCUT2D eigenvalue weighted by molar-refractivity contribution is 5.36. The molecule has 1 unspecified atom stereocenters. The first-order valence-corrected chi connectivity index (χ1v) is 6.82. The van der Waals surface area contributed by atoms with Crippen LogP contribution >= 0.6 is 0 Å². The normalized spacial score (nSPS) is 13.6. The number of benzene rings is 2. The molecule has 1 heterocycles. The molecule has 5 heteroatoms. The summed E-state index contributed by atoms with van der Waals surface area (Å²) >= 11 is 0. The number of rotatable bonds is 4. The molecule has 0 aliphatic carbocycles. The van der Waals surface area contributed by atoms with Gasteiger partial charge in [-0.1, -0.05) is 12.1 Å². The van der Waals surface area contributed by atoms with E-state index in [4.69, 9.17) is 4.74 Å². The van der Waals surface area contributed by atoms with E-state index in [-0.39, 0.29) is 5.82 Å². The van der Waals surface area contributed by atoms with Crippen LogP contribution in [-0.4, -0.2) is 15.1 Å². The zero-order valence-corrected chi connectivity index (χ0v) is 12.0. The first-order valence-electron chi connectivity index (χ1n) is 6.82. The molecule has 0 aliphatic rings. The van der Waals surface area contributed by atoms with E-state index in [2.05, 4.69) is 9.97 Å². The molecular weight excluding hydrogens is 283 g/mol. The molecule has 0 radical (unpaired) electrons. The zero-order chi connectivity index (χ0) is 15.6. The maximum Gasteiger partial charge on any atom is 0.144 e. The highest BCUT2D eigenvalue weighted by Gasteiger charge is 2.28. The minimum atomic E-state index is -1.21. The van der Waals surface area contributed by atoms with E-state index in [1.807, 2.05) is 0 Å². The Balaban J connectivity index is 1.79. The highest BCUT2D eigenvalue weighted by atomic mass is 19.1. The van der Waals surface area contributed by atoms with E-state index in [0.717, 1.165) is 0 Å². The van der Waals surface area contributed by atoms with Crippen LogP contribution in [0.4, 0.5) is 4.39 Å². The lowest BCUT2D eigenvalue weighted by Crippen LogP contribution is -2.24. The van der Waals surface area contributed by atoms with Gasteiger partial charge in [-0.05, 0) is 48.9 Å². The number of nitrogens with one attached hydrogen (secondary N) is 1. The van der Waals surface area contributed by atoms with Crippen LogP contribution in [0.15, 0.2) is 60.9 Å². The maximum absolute atomic E-state index is 12.9. The predicted molar refractivity (Wildman–Crippen MR) is 80.2 cm³/mol.